The number of halogens is 1. The van der Waals surface area contributed by atoms with Crippen LogP contribution in [0.4, 0.5) is 4.79 Å². The number of hydrogen-bond donors (Lipinski definition) is 0. The number of cyclic esters (lactones) is 1. The lowest BCUT2D eigenvalue weighted by Crippen LogP contribution is -2.40. The number of esters is 1. The molecule has 0 aromatic heterocycles. The van der Waals surface area contributed by atoms with E-state index in [1.807, 2.05) is 36.4 Å². The van der Waals surface area contributed by atoms with Crippen molar-refractivity contribution in [1.82, 2.24) is 4.90 Å². The number of fused-ring (bicyclic) bond motifs is 3. The molecule has 5 rings (SSSR count). The molecular weight excluding hydrogens is 414 g/mol. The van der Waals surface area contributed by atoms with E-state index in [-0.39, 0.29) is 19.3 Å². The van der Waals surface area contributed by atoms with Gasteiger partial charge in [0, 0.05) is 17.4 Å². The predicted octanol–water partition coefficient (Wildman–Crippen LogP) is 5.02. The van der Waals surface area contributed by atoms with Crippen LogP contribution in [0, 0.1) is 0 Å². The Kier molecular flexibility index (Phi) is 5.12. The minimum atomic E-state index is -0.728. The van der Waals surface area contributed by atoms with Gasteiger partial charge in [-0.3, -0.25) is 4.90 Å². The Balaban J connectivity index is 1.32. The first-order chi connectivity index (χ1) is 15.1. The number of nitrogens with zero attached hydrogens (tertiary/aromatic N) is 1. The summed E-state index contributed by atoms with van der Waals surface area (Å²) in [5, 5.41) is 0.580. The highest BCUT2D eigenvalue weighted by Gasteiger charge is 2.39. The van der Waals surface area contributed by atoms with Gasteiger partial charge in [0.25, 0.3) is 0 Å². The third-order valence-corrected chi connectivity index (χ3v) is 6.12. The molecule has 0 N–H and O–H groups in total. The summed E-state index contributed by atoms with van der Waals surface area (Å²) in [4.78, 5) is 26.5. The Morgan fingerprint density at radius 1 is 1.00 bits per heavy atom. The van der Waals surface area contributed by atoms with Crippen molar-refractivity contribution >= 4 is 23.7 Å². The van der Waals surface area contributed by atoms with E-state index in [0.717, 1.165) is 27.8 Å². The summed E-state index contributed by atoms with van der Waals surface area (Å²) < 4.78 is 10.8. The van der Waals surface area contributed by atoms with Crippen molar-refractivity contribution in [3.05, 3.63) is 94.5 Å². The molecule has 1 atom stereocenters. The molecule has 0 bridgehead atoms. The van der Waals surface area contributed by atoms with Gasteiger partial charge in [-0.25, -0.2) is 9.59 Å². The summed E-state index contributed by atoms with van der Waals surface area (Å²) >= 11 is 6.05. The third kappa shape index (κ3) is 3.66. The van der Waals surface area contributed by atoms with Crippen molar-refractivity contribution in [1.29, 1.82) is 0 Å². The number of benzene rings is 3. The molecule has 0 spiro atoms. The van der Waals surface area contributed by atoms with Crippen LogP contribution in [0.1, 0.15) is 22.6 Å². The van der Waals surface area contributed by atoms with E-state index >= 15 is 0 Å². The average molecular weight is 434 g/mol. The van der Waals surface area contributed by atoms with Crippen molar-refractivity contribution in [2.75, 3.05) is 13.3 Å². The second-order valence-corrected chi connectivity index (χ2v) is 8.15. The van der Waals surface area contributed by atoms with Gasteiger partial charge in [-0.2, -0.15) is 0 Å². The quantitative estimate of drug-likeness (QED) is 0.542. The first-order valence-electron chi connectivity index (χ1n) is 10.1. The molecule has 1 amide bonds. The standard InChI is InChI=1S/C25H20ClNO4/c26-17-7-5-6-16(12-17)13-23-24(28)31-15-27(23)25(29)30-14-22-20-10-3-1-8-18(20)19-9-2-4-11-21(19)22/h1-12,22-23H,13-15H2/t23-/m0/s1. The van der Waals surface area contributed by atoms with Gasteiger partial charge in [-0.1, -0.05) is 72.3 Å². The van der Waals surface area contributed by atoms with Crippen LogP contribution in [0.3, 0.4) is 0 Å². The average Bonchev–Trinajstić information content (AvgIpc) is 3.30. The van der Waals surface area contributed by atoms with Crippen molar-refractivity contribution in [2.45, 2.75) is 18.4 Å². The first kappa shape index (κ1) is 19.6. The number of ether oxygens (including phenoxy) is 2. The van der Waals surface area contributed by atoms with Crippen LogP contribution in [0.15, 0.2) is 72.8 Å². The summed E-state index contributed by atoms with van der Waals surface area (Å²) in [5.41, 5.74) is 5.46. The molecule has 1 fully saturated rings. The smallest absolute Gasteiger partial charge is 0.413 e. The molecule has 6 heteroatoms. The van der Waals surface area contributed by atoms with Gasteiger partial charge in [-0.05, 0) is 39.9 Å². The zero-order valence-corrected chi connectivity index (χ0v) is 17.4. The molecule has 0 unspecified atom stereocenters. The van der Waals surface area contributed by atoms with Crippen LogP contribution in [-0.4, -0.2) is 36.3 Å². The maximum atomic E-state index is 12.9. The van der Waals surface area contributed by atoms with Gasteiger partial charge in [0.05, 0.1) is 0 Å². The number of rotatable bonds is 4. The second kappa shape index (κ2) is 8.08. The molecule has 0 radical (unpaired) electrons. The van der Waals surface area contributed by atoms with E-state index in [1.54, 1.807) is 12.1 Å². The minimum Gasteiger partial charge on any atom is -0.448 e. The number of carbonyl (C=O) groups excluding carboxylic acids is 2. The number of hydrogen-bond acceptors (Lipinski definition) is 4. The van der Waals surface area contributed by atoms with Gasteiger partial charge >= 0.3 is 12.1 Å². The molecule has 2 aliphatic rings. The van der Waals surface area contributed by atoms with Gasteiger partial charge in [0.2, 0.25) is 0 Å². The first-order valence-corrected chi connectivity index (χ1v) is 10.5. The second-order valence-electron chi connectivity index (χ2n) is 7.72. The molecule has 3 aromatic carbocycles. The number of amides is 1. The summed E-state index contributed by atoms with van der Waals surface area (Å²) in [5.74, 6) is -0.476. The highest BCUT2D eigenvalue weighted by atomic mass is 35.5. The normalized spacial score (nSPS) is 17.3. The fourth-order valence-electron chi connectivity index (χ4n) is 4.38. The number of carbonyl (C=O) groups is 2. The fourth-order valence-corrected chi connectivity index (χ4v) is 4.60. The SMILES string of the molecule is O=C1OCN(C(=O)OCC2c3ccccc3-c3ccccc32)[C@H]1Cc1cccc(Cl)c1. The zero-order valence-electron chi connectivity index (χ0n) is 16.7. The summed E-state index contributed by atoms with van der Waals surface area (Å²) in [6, 6.07) is 22.8. The molecule has 156 valence electrons. The highest BCUT2D eigenvalue weighted by Crippen LogP contribution is 2.44. The molecular formula is C25H20ClNO4. The highest BCUT2D eigenvalue weighted by molar-refractivity contribution is 6.30. The monoisotopic (exact) mass is 433 g/mol. The third-order valence-electron chi connectivity index (χ3n) is 5.88. The molecule has 31 heavy (non-hydrogen) atoms. The van der Waals surface area contributed by atoms with Crippen LogP contribution in [-0.2, 0) is 20.7 Å². The van der Waals surface area contributed by atoms with E-state index in [4.69, 9.17) is 21.1 Å². The molecule has 1 saturated heterocycles. The van der Waals surface area contributed by atoms with Crippen LogP contribution in [0.5, 0.6) is 0 Å². The molecule has 5 nitrogen and oxygen atoms in total. The topological polar surface area (TPSA) is 55.8 Å². The molecule has 3 aromatic rings. The summed E-state index contributed by atoms with van der Waals surface area (Å²) in [7, 11) is 0. The lowest BCUT2D eigenvalue weighted by molar-refractivity contribution is -0.139. The van der Waals surface area contributed by atoms with Crippen LogP contribution >= 0.6 is 11.6 Å². The molecule has 0 saturated carbocycles. The fraction of sp³-hybridized carbons (Fsp3) is 0.200. The molecule has 1 aliphatic carbocycles. The summed E-state index contributed by atoms with van der Waals surface area (Å²) in [6.07, 6.45) is -0.233. The zero-order chi connectivity index (χ0) is 21.4. The van der Waals surface area contributed by atoms with E-state index in [9.17, 15) is 9.59 Å². The Morgan fingerprint density at radius 3 is 2.35 bits per heavy atom. The van der Waals surface area contributed by atoms with Gasteiger partial charge in [-0.15, -0.1) is 0 Å². The lowest BCUT2D eigenvalue weighted by Gasteiger charge is -2.21. The predicted molar refractivity (Wildman–Crippen MR) is 117 cm³/mol. The van der Waals surface area contributed by atoms with Crippen LogP contribution in [0.2, 0.25) is 5.02 Å². The van der Waals surface area contributed by atoms with E-state index in [2.05, 4.69) is 24.3 Å². The van der Waals surface area contributed by atoms with Crippen molar-refractivity contribution in [3.8, 4) is 11.1 Å². The molecule has 1 heterocycles. The largest absolute Gasteiger partial charge is 0.448 e. The Bertz CT molecular complexity index is 1120. The van der Waals surface area contributed by atoms with Gasteiger partial charge in [0.15, 0.2) is 6.73 Å². The summed E-state index contributed by atoms with van der Waals surface area (Å²) in [6.45, 7) is 0.0855. The maximum Gasteiger partial charge on any atom is 0.413 e. The van der Waals surface area contributed by atoms with Crippen molar-refractivity contribution in [2.24, 2.45) is 0 Å². The maximum absolute atomic E-state index is 12.9. The Morgan fingerprint density at radius 2 is 1.68 bits per heavy atom. The van der Waals surface area contributed by atoms with E-state index in [1.165, 1.54) is 4.90 Å². The Hall–Kier alpha value is -3.31. The van der Waals surface area contributed by atoms with Crippen molar-refractivity contribution < 1.29 is 19.1 Å². The van der Waals surface area contributed by atoms with Gasteiger partial charge < -0.3 is 9.47 Å². The van der Waals surface area contributed by atoms with Crippen LogP contribution in [0.25, 0.3) is 11.1 Å². The minimum absolute atomic E-state index is 0.0399. The van der Waals surface area contributed by atoms with E-state index < -0.39 is 18.1 Å². The van der Waals surface area contributed by atoms with E-state index in [0.29, 0.717) is 11.4 Å². The Labute approximate surface area is 185 Å². The molecule has 1 aliphatic heterocycles. The lowest BCUT2D eigenvalue weighted by atomic mass is 9.98. The van der Waals surface area contributed by atoms with Crippen LogP contribution < -0.4 is 0 Å². The van der Waals surface area contributed by atoms with Crippen molar-refractivity contribution in [3.63, 3.8) is 0 Å². The van der Waals surface area contributed by atoms with Gasteiger partial charge in [0.1, 0.15) is 12.6 Å².